The Kier molecular flexibility index (Phi) is 4.16. The van der Waals surface area contributed by atoms with Gasteiger partial charge in [-0.1, -0.05) is 30.3 Å². The Labute approximate surface area is 128 Å². The summed E-state index contributed by atoms with van der Waals surface area (Å²) in [5.41, 5.74) is 2.67. The highest BCUT2D eigenvalue weighted by Crippen LogP contribution is 2.11. The van der Waals surface area contributed by atoms with Gasteiger partial charge in [0.15, 0.2) is 0 Å². The number of carbonyl (C=O) groups is 1. The van der Waals surface area contributed by atoms with Gasteiger partial charge >= 0.3 is 0 Å². The summed E-state index contributed by atoms with van der Waals surface area (Å²) >= 11 is 0. The quantitative estimate of drug-likeness (QED) is 0.490. The Morgan fingerprint density at radius 2 is 1.32 bits per heavy atom. The molecule has 0 amide bonds. The molecule has 2 aromatic heterocycles. The smallest absolute Gasteiger partial charge is 0.150 e. The molecule has 0 spiro atoms. The molecular formula is C19H14N2O. The highest BCUT2D eigenvalue weighted by Gasteiger charge is 1.93. The average Bonchev–Trinajstić information content (AvgIpc) is 2.62. The van der Waals surface area contributed by atoms with E-state index < -0.39 is 0 Å². The number of pyridine rings is 2. The van der Waals surface area contributed by atoms with Crippen LogP contribution in [0.15, 0.2) is 79.1 Å². The molecule has 0 aliphatic heterocycles. The molecule has 0 aliphatic rings. The maximum atomic E-state index is 10.4. The molecule has 3 heteroatoms. The highest BCUT2D eigenvalue weighted by atomic mass is 16.1. The summed E-state index contributed by atoms with van der Waals surface area (Å²) in [4.78, 5) is 18.8. The number of carbonyl (C=O) groups excluding carboxylic acids is 1. The molecule has 2 aromatic carbocycles. The first-order valence-electron chi connectivity index (χ1n) is 6.96. The van der Waals surface area contributed by atoms with Crippen LogP contribution in [0.4, 0.5) is 0 Å². The maximum absolute atomic E-state index is 10.4. The van der Waals surface area contributed by atoms with Crippen LogP contribution in [0.3, 0.4) is 0 Å². The third-order valence-corrected chi connectivity index (χ3v) is 3.28. The number of hydrogen-bond donors (Lipinski definition) is 0. The Bertz CT molecular complexity index is 853. The monoisotopic (exact) mass is 286 g/mol. The Hall–Kier alpha value is -3.07. The van der Waals surface area contributed by atoms with Gasteiger partial charge in [-0.2, -0.15) is 0 Å². The second kappa shape index (κ2) is 6.59. The first-order valence-corrected chi connectivity index (χ1v) is 6.96. The normalized spacial score (nSPS) is 10.0. The molecule has 0 aliphatic carbocycles. The lowest BCUT2D eigenvalue weighted by atomic mass is 10.1. The molecule has 0 radical (unpaired) electrons. The number of rotatable bonds is 1. The second-order valence-electron chi connectivity index (χ2n) is 4.77. The molecule has 0 fully saturated rings. The predicted octanol–water partition coefficient (Wildman–Crippen LogP) is 4.28. The van der Waals surface area contributed by atoms with Gasteiger partial charge in [-0.3, -0.25) is 14.8 Å². The van der Waals surface area contributed by atoms with Crippen molar-refractivity contribution in [1.82, 2.24) is 9.97 Å². The van der Waals surface area contributed by atoms with Gasteiger partial charge < -0.3 is 0 Å². The fourth-order valence-corrected chi connectivity index (χ4v) is 2.18. The van der Waals surface area contributed by atoms with E-state index in [4.69, 9.17) is 0 Å². The van der Waals surface area contributed by atoms with Crippen LogP contribution in [0.5, 0.6) is 0 Å². The van der Waals surface area contributed by atoms with E-state index in [9.17, 15) is 4.79 Å². The van der Waals surface area contributed by atoms with Crippen LogP contribution in [0.25, 0.3) is 21.8 Å². The van der Waals surface area contributed by atoms with Crippen molar-refractivity contribution >= 4 is 28.1 Å². The fourth-order valence-electron chi connectivity index (χ4n) is 2.18. The summed E-state index contributed by atoms with van der Waals surface area (Å²) in [7, 11) is 0. The first kappa shape index (κ1) is 13.9. The third kappa shape index (κ3) is 3.15. The van der Waals surface area contributed by atoms with E-state index in [1.54, 1.807) is 12.3 Å². The minimum absolute atomic E-state index is 0.690. The van der Waals surface area contributed by atoms with Crippen LogP contribution in [0.2, 0.25) is 0 Å². The number of aromatic nitrogens is 2. The standard InChI is InChI=1S/C10H7NO.C9H7N/c12-7-8-3-4-10-9(6-8)2-1-5-11-10;1-2-6-9-8(4-1)5-3-7-10-9/h1-7H;1-7H. The van der Waals surface area contributed by atoms with E-state index >= 15 is 0 Å². The molecule has 22 heavy (non-hydrogen) atoms. The zero-order valence-electron chi connectivity index (χ0n) is 11.9. The van der Waals surface area contributed by atoms with Crippen molar-refractivity contribution in [2.75, 3.05) is 0 Å². The van der Waals surface area contributed by atoms with Crippen LogP contribution >= 0.6 is 0 Å². The summed E-state index contributed by atoms with van der Waals surface area (Å²) < 4.78 is 0. The van der Waals surface area contributed by atoms with Crippen LogP contribution in [-0.4, -0.2) is 16.3 Å². The van der Waals surface area contributed by atoms with E-state index in [1.807, 2.05) is 54.7 Å². The lowest BCUT2D eigenvalue weighted by Gasteiger charge is -1.95. The summed E-state index contributed by atoms with van der Waals surface area (Å²) in [6.45, 7) is 0. The van der Waals surface area contributed by atoms with Crippen molar-refractivity contribution in [3.05, 3.63) is 84.7 Å². The van der Waals surface area contributed by atoms with Gasteiger partial charge in [0.25, 0.3) is 0 Å². The molecule has 0 atom stereocenters. The van der Waals surface area contributed by atoms with Crippen molar-refractivity contribution < 1.29 is 4.79 Å². The number of fused-ring (bicyclic) bond motifs is 2. The molecular weight excluding hydrogens is 272 g/mol. The van der Waals surface area contributed by atoms with Crippen LogP contribution in [-0.2, 0) is 0 Å². The molecule has 106 valence electrons. The number of benzene rings is 2. The maximum Gasteiger partial charge on any atom is 0.150 e. The first-order chi connectivity index (χ1) is 10.9. The Balaban J connectivity index is 0.000000133. The highest BCUT2D eigenvalue weighted by molar-refractivity contribution is 5.86. The third-order valence-electron chi connectivity index (χ3n) is 3.28. The minimum atomic E-state index is 0.690. The van der Waals surface area contributed by atoms with Gasteiger partial charge in [-0.05, 0) is 36.4 Å². The fraction of sp³-hybridized carbons (Fsp3) is 0. The van der Waals surface area contributed by atoms with Crippen molar-refractivity contribution in [3.8, 4) is 0 Å². The molecule has 3 nitrogen and oxygen atoms in total. The number of nitrogens with zero attached hydrogens (tertiary/aromatic N) is 2. The minimum Gasteiger partial charge on any atom is -0.298 e. The predicted molar refractivity (Wildman–Crippen MR) is 88.9 cm³/mol. The zero-order chi connectivity index (χ0) is 15.2. The van der Waals surface area contributed by atoms with Gasteiger partial charge in [0.2, 0.25) is 0 Å². The van der Waals surface area contributed by atoms with Crippen molar-refractivity contribution in [3.63, 3.8) is 0 Å². The molecule has 0 bridgehead atoms. The second-order valence-corrected chi connectivity index (χ2v) is 4.77. The van der Waals surface area contributed by atoms with Gasteiger partial charge in [0.05, 0.1) is 11.0 Å². The summed E-state index contributed by atoms with van der Waals surface area (Å²) in [6, 6.07) is 21.3. The van der Waals surface area contributed by atoms with Gasteiger partial charge in [-0.15, -0.1) is 0 Å². The Morgan fingerprint density at radius 1 is 0.682 bits per heavy atom. The van der Waals surface area contributed by atoms with E-state index in [0.717, 1.165) is 22.7 Å². The van der Waals surface area contributed by atoms with E-state index in [-0.39, 0.29) is 0 Å². The largest absolute Gasteiger partial charge is 0.298 e. The van der Waals surface area contributed by atoms with Crippen molar-refractivity contribution in [1.29, 1.82) is 0 Å². The molecule has 4 aromatic rings. The van der Waals surface area contributed by atoms with Gasteiger partial charge in [-0.25, -0.2) is 0 Å². The van der Waals surface area contributed by atoms with E-state index in [2.05, 4.69) is 22.1 Å². The summed E-state index contributed by atoms with van der Waals surface area (Å²) in [6.07, 6.45) is 4.39. The molecule has 0 N–H and O–H groups in total. The van der Waals surface area contributed by atoms with Crippen molar-refractivity contribution in [2.45, 2.75) is 0 Å². The lowest BCUT2D eigenvalue weighted by molar-refractivity contribution is 0.112. The van der Waals surface area contributed by atoms with Crippen LogP contribution < -0.4 is 0 Å². The molecule has 4 rings (SSSR count). The average molecular weight is 286 g/mol. The molecule has 0 saturated carbocycles. The molecule has 0 saturated heterocycles. The van der Waals surface area contributed by atoms with Crippen molar-refractivity contribution in [2.24, 2.45) is 0 Å². The van der Waals surface area contributed by atoms with Crippen LogP contribution in [0.1, 0.15) is 10.4 Å². The number of aldehydes is 1. The topological polar surface area (TPSA) is 42.9 Å². The molecule has 0 unspecified atom stereocenters. The molecule has 2 heterocycles. The Morgan fingerprint density at radius 3 is 2.05 bits per heavy atom. The van der Waals surface area contributed by atoms with Crippen LogP contribution in [0, 0.1) is 0 Å². The zero-order valence-corrected chi connectivity index (χ0v) is 11.9. The van der Waals surface area contributed by atoms with E-state index in [0.29, 0.717) is 5.56 Å². The summed E-state index contributed by atoms with van der Waals surface area (Å²) in [5.74, 6) is 0. The lowest BCUT2D eigenvalue weighted by Crippen LogP contribution is -1.81. The van der Waals surface area contributed by atoms with E-state index in [1.165, 1.54) is 5.39 Å². The number of hydrogen-bond acceptors (Lipinski definition) is 3. The van der Waals surface area contributed by atoms with Gasteiger partial charge in [0, 0.05) is 28.7 Å². The van der Waals surface area contributed by atoms with Gasteiger partial charge in [0.1, 0.15) is 6.29 Å². The number of para-hydroxylation sites is 1. The summed E-state index contributed by atoms with van der Waals surface area (Å²) in [5, 5.41) is 2.20. The SMILES string of the molecule is O=Cc1ccc2ncccc2c1.c1ccc2ncccc2c1.